The second-order valence-corrected chi connectivity index (χ2v) is 9.35. The van der Waals surface area contributed by atoms with E-state index in [1.807, 2.05) is 6.07 Å². The van der Waals surface area contributed by atoms with Gasteiger partial charge in [0.2, 0.25) is 0 Å². The molecule has 5 rings (SSSR count). The molecule has 1 aromatic heterocycles. The molecule has 0 atom stereocenters. The minimum absolute atomic E-state index is 0.0804. The summed E-state index contributed by atoms with van der Waals surface area (Å²) >= 11 is 2.34. The third-order valence-electron chi connectivity index (χ3n) is 5.88. The van der Waals surface area contributed by atoms with Gasteiger partial charge in [0.1, 0.15) is 15.0 Å². The Morgan fingerprint density at radius 1 is 0.697 bits per heavy atom. The highest BCUT2D eigenvalue weighted by Gasteiger charge is 2.41. The average Bonchev–Trinajstić information content (AvgIpc) is 3.19. The second-order valence-electron chi connectivity index (χ2n) is 8.33. The molecular weight excluding hydrogens is 519 g/mol. The van der Waals surface area contributed by atoms with Gasteiger partial charge in [-0.25, -0.2) is 4.68 Å². The molecule has 4 heteroatoms. The normalized spacial score (nSPS) is 11.8. The van der Waals surface area contributed by atoms with Crippen LogP contribution in [0.4, 0.5) is 0 Å². The third kappa shape index (κ3) is 3.72. The first kappa shape index (κ1) is 21.7. The Kier molecular flexibility index (Phi) is 5.94. The molecule has 0 spiro atoms. The van der Waals surface area contributed by atoms with Crippen LogP contribution >= 0.6 is 22.6 Å². The van der Waals surface area contributed by atoms with Gasteiger partial charge in [0.25, 0.3) is 0 Å². The van der Waals surface area contributed by atoms with Crippen molar-refractivity contribution < 1.29 is 4.74 Å². The summed E-state index contributed by atoms with van der Waals surface area (Å²) < 4.78 is 9.29. The van der Waals surface area contributed by atoms with E-state index in [1.54, 1.807) is 0 Å². The van der Waals surface area contributed by atoms with Crippen molar-refractivity contribution in [3.8, 4) is 5.75 Å². The van der Waals surface area contributed by atoms with Crippen molar-refractivity contribution in [2.45, 2.75) is 25.5 Å². The van der Waals surface area contributed by atoms with Crippen molar-refractivity contribution in [2.75, 3.05) is 0 Å². The molecule has 164 valence electrons. The third-order valence-corrected chi connectivity index (χ3v) is 6.64. The molecule has 0 saturated carbocycles. The zero-order valence-electron chi connectivity index (χ0n) is 18.7. The van der Waals surface area contributed by atoms with E-state index in [0.717, 1.165) is 37.0 Å². The number of nitrogens with zero attached hydrogens (tertiary/aromatic N) is 2. The van der Waals surface area contributed by atoms with E-state index in [1.165, 1.54) is 0 Å². The van der Waals surface area contributed by atoms with Crippen LogP contribution in [0, 0.1) is 3.70 Å². The summed E-state index contributed by atoms with van der Waals surface area (Å²) in [5.74, 6) is 0.862. The maximum absolute atomic E-state index is 6.19. The Labute approximate surface area is 208 Å². The minimum Gasteiger partial charge on any atom is -0.490 e. The Balaban J connectivity index is 1.94. The molecule has 0 fully saturated rings. The fourth-order valence-corrected chi connectivity index (χ4v) is 5.37. The highest BCUT2D eigenvalue weighted by Crippen LogP contribution is 2.44. The van der Waals surface area contributed by atoms with E-state index < -0.39 is 5.54 Å². The molecule has 0 amide bonds. The van der Waals surface area contributed by atoms with E-state index in [-0.39, 0.29) is 6.10 Å². The van der Waals surface area contributed by atoms with Gasteiger partial charge in [-0.05, 0) is 65.3 Å². The summed E-state index contributed by atoms with van der Waals surface area (Å²) in [6.45, 7) is 4.11. The first-order valence-electron chi connectivity index (χ1n) is 11.1. The standard InChI is InChI=1S/C29H25IN2O/c1-21(2)33-26-20-12-19-25-27(26)28(30)31-32(25)29(22-13-6-3-7-14-22,23-15-8-4-9-16-23)24-17-10-5-11-18-24/h3-21H,1-2H3. The molecule has 0 radical (unpaired) electrons. The number of rotatable bonds is 6. The predicted octanol–water partition coefficient (Wildman–Crippen LogP) is 7.27. The lowest BCUT2D eigenvalue weighted by molar-refractivity contribution is 0.245. The van der Waals surface area contributed by atoms with Gasteiger partial charge in [-0.2, -0.15) is 5.10 Å². The highest BCUT2D eigenvalue weighted by molar-refractivity contribution is 14.1. The van der Waals surface area contributed by atoms with Gasteiger partial charge in [-0.1, -0.05) is 97.1 Å². The fourth-order valence-electron chi connectivity index (χ4n) is 4.61. The van der Waals surface area contributed by atoms with Crippen molar-refractivity contribution in [3.63, 3.8) is 0 Å². The molecular formula is C29H25IN2O. The van der Waals surface area contributed by atoms with E-state index in [0.29, 0.717) is 0 Å². The van der Waals surface area contributed by atoms with Crippen LogP contribution < -0.4 is 4.74 Å². The molecule has 1 heterocycles. The Morgan fingerprint density at radius 2 is 1.18 bits per heavy atom. The van der Waals surface area contributed by atoms with Crippen LogP contribution in [0.1, 0.15) is 30.5 Å². The van der Waals surface area contributed by atoms with E-state index in [2.05, 4.69) is 144 Å². The largest absolute Gasteiger partial charge is 0.490 e. The number of fused-ring (bicyclic) bond motifs is 1. The molecule has 0 aliphatic heterocycles. The van der Waals surface area contributed by atoms with E-state index in [9.17, 15) is 0 Å². The van der Waals surface area contributed by atoms with Gasteiger partial charge in [-0.15, -0.1) is 0 Å². The van der Waals surface area contributed by atoms with Gasteiger partial charge in [0, 0.05) is 0 Å². The Morgan fingerprint density at radius 3 is 1.64 bits per heavy atom. The molecule has 0 aliphatic rings. The Hall–Kier alpha value is -3.12. The van der Waals surface area contributed by atoms with Crippen molar-refractivity contribution in [1.82, 2.24) is 9.78 Å². The SMILES string of the molecule is CC(C)Oc1cccc2c1c(I)nn2C(c1ccccc1)(c1ccccc1)c1ccccc1. The lowest BCUT2D eigenvalue weighted by Crippen LogP contribution is -2.38. The van der Waals surface area contributed by atoms with Gasteiger partial charge in [0.15, 0.2) is 0 Å². The molecule has 33 heavy (non-hydrogen) atoms. The van der Waals surface area contributed by atoms with Crippen LogP contribution in [0.25, 0.3) is 10.9 Å². The zero-order valence-corrected chi connectivity index (χ0v) is 20.8. The molecule has 3 nitrogen and oxygen atoms in total. The van der Waals surface area contributed by atoms with Crippen LogP contribution in [0.2, 0.25) is 0 Å². The second kappa shape index (κ2) is 9.02. The van der Waals surface area contributed by atoms with E-state index in [4.69, 9.17) is 9.84 Å². The first-order valence-corrected chi connectivity index (χ1v) is 12.2. The van der Waals surface area contributed by atoms with Crippen LogP contribution in [0.3, 0.4) is 0 Å². The summed E-state index contributed by atoms with van der Waals surface area (Å²) in [5, 5.41) is 6.22. The fraction of sp³-hybridized carbons (Fsp3) is 0.138. The van der Waals surface area contributed by atoms with Crippen LogP contribution in [0.5, 0.6) is 5.75 Å². The number of hydrogen-bond donors (Lipinski definition) is 0. The molecule has 5 aromatic rings. The number of aromatic nitrogens is 2. The molecule has 0 saturated heterocycles. The number of benzene rings is 4. The number of ether oxygens (including phenoxy) is 1. The summed E-state index contributed by atoms with van der Waals surface area (Å²) in [6.07, 6.45) is 0.0804. The molecule has 0 unspecified atom stereocenters. The number of hydrogen-bond acceptors (Lipinski definition) is 2. The quantitative estimate of drug-likeness (QED) is 0.166. The van der Waals surface area contributed by atoms with E-state index >= 15 is 0 Å². The number of halogens is 1. The smallest absolute Gasteiger partial charge is 0.138 e. The summed E-state index contributed by atoms with van der Waals surface area (Å²) in [5.41, 5.74) is 3.84. The van der Waals surface area contributed by atoms with Crippen LogP contribution in [0.15, 0.2) is 109 Å². The zero-order chi connectivity index (χ0) is 22.8. The van der Waals surface area contributed by atoms with Crippen LogP contribution in [-0.4, -0.2) is 15.9 Å². The summed E-state index contributed by atoms with van der Waals surface area (Å²) in [4.78, 5) is 0. The molecule has 0 aliphatic carbocycles. The van der Waals surface area contributed by atoms with Gasteiger partial charge >= 0.3 is 0 Å². The maximum atomic E-state index is 6.19. The van der Waals surface area contributed by atoms with Crippen molar-refractivity contribution in [1.29, 1.82) is 0 Å². The first-order chi connectivity index (χ1) is 16.1. The van der Waals surface area contributed by atoms with Crippen molar-refractivity contribution in [3.05, 3.63) is 130 Å². The van der Waals surface area contributed by atoms with Gasteiger partial charge in [0.05, 0.1) is 17.0 Å². The van der Waals surface area contributed by atoms with Gasteiger partial charge in [-0.3, -0.25) is 0 Å². The average molecular weight is 544 g/mol. The van der Waals surface area contributed by atoms with Gasteiger partial charge < -0.3 is 4.74 Å². The lowest BCUT2D eigenvalue weighted by atomic mass is 9.77. The summed E-state index contributed by atoms with van der Waals surface area (Å²) in [6, 6.07) is 38.1. The summed E-state index contributed by atoms with van der Waals surface area (Å²) in [7, 11) is 0. The molecule has 0 N–H and O–H groups in total. The van der Waals surface area contributed by atoms with Crippen molar-refractivity contribution in [2.24, 2.45) is 0 Å². The van der Waals surface area contributed by atoms with Crippen molar-refractivity contribution >= 4 is 33.5 Å². The molecule has 4 aromatic carbocycles. The topological polar surface area (TPSA) is 27.1 Å². The monoisotopic (exact) mass is 544 g/mol. The Bertz CT molecular complexity index is 1270. The van der Waals surface area contributed by atoms with Crippen LogP contribution in [-0.2, 0) is 5.54 Å². The minimum atomic E-state index is -0.651. The highest BCUT2D eigenvalue weighted by atomic mass is 127. The predicted molar refractivity (Wildman–Crippen MR) is 143 cm³/mol. The maximum Gasteiger partial charge on any atom is 0.138 e. The lowest BCUT2D eigenvalue weighted by Gasteiger charge is -2.37. The molecule has 0 bridgehead atoms.